The van der Waals surface area contributed by atoms with Crippen LogP contribution >= 0.6 is 11.3 Å². The maximum absolute atomic E-state index is 13.1. The molecule has 0 amide bonds. The summed E-state index contributed by atoms with van der Waals surface area (Å²) >= 11 is 1.38. The Hall–Kier alpha value is -4.37. The highest BCUT2D eigenvalue weighted by molar-refractivity contribution is 7.91. The van der Waals surface area contributed by atoms with Crippen LogP contribution in [0.5, 0.6) is 0 Å². The van der Waals surface area contributed by atoms with E-state index in [4.69, 9.17) is 0 Å². The van der Waals surface area contributed by atoms with Gasteiger partial charge in [0.05, 0.1) is 23.0 Å². The number of benzene rings is 1. The summed E-state index contributed by atoms with van der Waals surface area (Å²) in [5.74, 6) is 0.807. The Kier molecular flexibility index (Phi) is 6.69. The summed E-state index contributed by atoms with van der Waals surface area (Å²) in [6.07, 6.45) is -0.319. The second-order valence-corrected chi connectivity index (χ2v) is 11.9. The lowest BCUT2D eigenvalue weighted by atomic mass is 9.98. The number of nitrogens with zero attached hydrogens (tertiary/aromatic N) is 6. The van der Waals surface area contributed by atoms with Gasteiger partial charge in [0.15, 0.2) is 0 Å². The minimum absolute atomic E-state index is 0.214. The van der Waals surface area contributed by atoms with E-state index in [0.717, 1.165) is 46.4 Å². The molecule has 0 aliphatic carbocycles. The zero-order valence-corrected chi connectivity index (χ0v) is 23.0. The van der Waals surface area contributed by atoms with Gasteiger partial charge in [-0.25, -0.2) is 13.4 Å². The van der Waals surface area contributed by atoms with Crippen LogP contribution in [-0.4, -0.2) is 39.5 Å². The van der Waals surface area contributed by atoms with E-state index in [1.54, 1.807) is 36.1 Å². The van der Waals surface area contributed by atoms with E-state index < -0.39 is 27.5 Å². The molecule has 3 aromatic rings. The van der Waals surface area contributed by atoms with Gasteiger partial charge in [0.25, 0.3) is 5.62 Å². The number of hydrogen-bond donors (Lipinski definition) is 2. The summed E-state index contributed by atoms with van der Waals surface area (Å²) in [6, 6.07) is 8.55. The van der Waals surface area contributed by atoms with E-state index in [1.165, 1.54) is 11.3 Å². The first kappa shape index (κ1) is 26.8. The van der Waals surface area contributed by atoms with Crippen LogP contribution in [0.15, 0.2) is 65.5 Å². The first-order valence-electron chi connectivity index (χ1n) is 12.3. The van der Waals surface area contributed by atoms with Gasteiger partial charge in [-0.3, -0.25) is 14.7 Å². The lowest BCUT2D eigenvalue weighted by Gasteiger charge is -2.19. The zero-order chi connectivity index (χ0) is 28.8. The summed E-state index contributed by atoms with van der Waals surface area (Å²) in [4.78, 5) is 21.3. The topological polar surface area (TPSA) is 127 Å². The molecule has 210 valence electrons. The van der Waals surface area contributed by atoms with Crippen molar-refractivity contribution < 1.29 is 21.6 Å². The predicted octanol–water partition coefficient (Wildman–Crippen LogP) is 4.83. The molecule has 15 heteroatoms. The smallest absolute Gasteiger partial charge is 0.369 e. The molecule has 0 saturated carbocycles. The van der Waals surface area contributed by atoms with Crippen molar-refractivity contribution in [1.82, 2.24) is 24.5 Å². The van der Waals surface area contributed by atoms with Gasteiger partial charge >= 0.3 is 6.18 Å². The second kappa shape index (κ2) is 10.2. The van der Waals surface area contributed by atoms with Crippen LogP contribution in [0.1, 0.15) is 16.8 Å². The number of anilines is 2. The second-order valence-electron chi connectivity index (χ2n) is 9.31. The molecule has 2 aromatic heterocycles. The van der Waals surface area contributed by atoms with Gasteiger partial charge in [-0.2, -0.15) is 23.1 Å². The molecule has 0 unspecified atom stereocenters. The van der Waals surface area contributed by atoms with Gasteiger partial charge in [-0.15, -0.1) is 11.3 Å². The molecule has 5 heterocycles. The summed E-state index contributed by atoms with van der Waals surface area (Å²) in [7, 11) is -4.07. The number of nitrogens with one attached hydrogen (secondary N) is 2. The highest BCUT2D eigenvalue weighted by Gasteiger charge is 2.31. The minimum Gasteiger partial charge on any atom is -0.369 e. The minimum atomic E-state index is -4.60. The molecular weight excluding hydrogens is 577 g/mol. The molecule has 0 bridgehead atoms. The largest absolute Gasteiger partial charge is 0.416 e. The van der Waals surface area contributed by atoms with E-state index >= 15 is 0 Å². The van der Waals surface area contributed by atoms with Crippen molar-refractivity contribution in [3.8, 4) is 22.5 Å². The first-order valence-corrected chi connectivity index (χ1v) is 14.8. The number of thiazole rings is 1. The molecule has 3 aliphatic rings. The summed E-state index contributed by atoms with van der Waals surface area (Å²) in [5.41, 5.74) is 4.35. The number of rotatable bonds is 6. The number of aromatic nitrogens is 5. The third kappa shape index (κ3) is 5.63. The Balaban J connectivity index is 1.34. The molecule has 0 fully saturated rings. The number of alkyl halides is 3. The Morgan fingerprint density at radius 2 is 1.98 bits per heavy atom. The fraction of sp³-hybridized carbons (Fsp3) is 0.192. The molecule has 41 heavy (non-hydrogen) atoms. The number of fused-ring (bicyclic) bond motifs is 3. The van der Waals surface area contributed by atoms with E-state index in [1.807, 2.05) is 17.6 Å². The van der Waals surface area contributed by atoms with Gasteiger partial charge in [0.1, 0.15) is 22.4 Å². The monoisotopic (exact) mass is 598 g/mol. The molecule has 0 spiro atoms. The lowest BCUT2D eigenvalue weighted by molar-refractivity contribution is -0.137. The number of hydrogen-bond acceptors (Lipinski definition) is 9. The maximum atomic E-state index is 13.1. The van der Waals surface area contributed by atoms with E-state index in [0.29, 0.717) is 29.5 Å². The molecule has 2 N–H and O–H groups in total. The quantitative estimate of drug-likeness (QED) is 0.287. The SMILES string of the molecule is Cc1ccc(NS(=O)(=O)Cc2cc(C(F)(F)F)ccn2)cc1-c1cc2cn/c(=N\c3cncs3)nc-2n2c1NCC2. The van der Waals surface area contributed by atoms with Crippen LogP contribution in [0.25, 0.3) is 22.5 Å². The van der Waals surface area contributed by atoms with Gasteiger partial charge in [-0.1, -0.05) is 6.07 Å². The van der Waals surface area contributed by atoms with Gasteiger partial charge in [-0.05, 0) is 48.4 Å². The van der Waals surface area contributed by atoms with Crippen molar-refractivity contribution in [3.63, 3.8) is 0 Å². The van der Waals surface area contributed by atoms with Gasteiger partial charge in [0.2, 0.25) is 10.0 Å². The third-order valence-electron chi connectivity index (χ3n) is 6.40. The Labute approximate surface area is 236 Å². The fourth-order valence-corrected chi connectivity index (χ4v) is 6.19. The van der Waals surface area contributed by atoms with Crippen molar-refractivity contribution >= 4 is 37.9 Å². The number of halogens is 3. The normalized spacial score (nSPS) is 13.8. The molecule has 0 atom stereocenters. The van der Waals surface area contributed by atoms with Crippen LogP contribution in [0.2, 0.25) is 0 Å². The van der Waals surface area contributed by atoms with Crippen LogP contribution in [-0.2, 0) is 28.5 Å². The molecule has 1 aromatic carbocycles. The number of aryl methyl sites for hydroxylation is 1. The van der Waals surface area contributed by atoms with Gasteiger partial charge in [0, 0.05) is 42.3 Å². The highest BCUT2D eigenvalue weighted by atomic mass is 32.2. The molecule has 6 rings (SSSR count). The lowest BCUT2D eigenvalue weighted by Crippen LogP contribution is -2.17. The Morgan fingerprint density at radius 1 is 1.12 bits per heavy atom. The van der Waals surface area contributed by atoms with E-state index in [9.17, 15) is 21.6 Å². The average molecular weight is 599 g/mol. The van der Waals surface area contributed by atoms with Crippen LogP contribution < -0.4 is 15.7 Å². The van der Waals surface area contributed by atoms with Crippen LogP contribution in [0.3, 0.4) is 0 Å². The maximum Gasteiger partial charge on any atom is 0.416 e. The summed E-state index contributed by atoms with van der Waals surface area (Å²) < 4.78 is 69.5. The molecule has 0 radical (unpaired) electrons. The fourth-order valence-electron chi connectivity index (χ4n) is 4.60. The first-order chi connectivity index (χ1) is 19.6. The average Bonchev–Trinajstić information content (AvgIpc) is 3.61. The summed E-state index contributed by atoms with van der Waals surface area (Å²) in [5, 5.41) is 4.09. The number of pyridine rings is 2. The number of sulfonamides is 1. The van der Waals surface area contributed by atoms with Crippen LogP contribution in [0.4, 0.5) is 29.7 Å². The molecule has 0 saturated heterocycles. The Morgan fingerprint density at radius 3 is 2.76 bits per heavy atom. The predicted molar refractivity (Wildman–Crippen MR) is 148 cm³/mol. The van der Waals surface area contributed by atoms with Crippen molar-refractivity contribution in [3.05, 3.63) is 82.9 Å². The zero-order valence-electron chi connectivity index (χ0n) is 21.3. The molecule has 3 aliphatic heterocycles. The third-order valence-corrected chi connectivity index (χ3v) is 8.29. The van der Waals surface area contributed by atoms with Crippen molar-refractivity contribution in [2.24, 2.45) is 4.99 Å². The standard InChI is InChI=1S/C26H21F3N8O2S2/c1-15-2-3-18(36-41(38,39)13-19-9-17(4-5-31-19)26(27,28)29)10-20(15)21-8-16-11-33-25(34-22-12-30-14-40-22)35-23(16)37-7-6-32-24(21)37/h2-5,8-12,14,32,36H,6-7,13H2,1H3/b34-25+. The Bertz CT molecular complexity index is 1910. The van der Waals surface area contributed by atoms with Crippen molar-refractivity contribution in [2.75, 3.05) is 16.6 Å². The van der Waals surface area contributed by atoms with Crippen molar-refractivity contribution in [2.45, 2.75) is 25.4 Å². The molecular formula is C26H21F3N8O2S2. The molecule has 10 nitrogen and oxygen atoms in total. The van der Waals surface area contributed by atoms with Crippen LogP contribution in [0, 0.1) is 6.92 Å². The van der Waals surface area contributed by atoms with Gasteiger partial charge < -0.3 is 9.88 Å². The van der Waals surface area contributed by atoms with Crippen molar-refractivity contribution in [1.29, 1.82) is 0 Å². The van der Waals surface area contributed by atoms with E-state index in [-0.39, 0.29) is 11.4 Å². The summed E-state index contributed by atoms with van der Waals surface area (Å²) in [6.45, 7) is 3.24. The highest BCUT2D eigenvalue weighted by Crippen LogP contribution is 2.39. The van der Waals surface area contributed by atoms with E-state index in [2.05, 4.69) is 35.0 Å².